The van der Waals surface area contributed by atoms with Gasteiger partial charge in [0.25, 0.3) is 0 Å². The summed E-state index contributed by atoms with van der Waals surface area (Å²) in [7, 11) is 0. The standard InChI is InChI=1S/C30H50O3/c1-18(17-31)19-10-12-27(4)14-15-29(6)20(25(19)27)8-9-21-28(5)13-11-23(32)26(2,3)22(28)16-24(33)30(21,29)7/h18-22,24-25,31,33H,8-17H2,1-7H3. The highest BCUT2D eigenvalue weighted by atomic mass is 16.3. The number of carbonyl (C=O) groups excluding carboxylic acids is 1. The normalized spacial score (nSPS) is 56.3. The fraction of sp³-hybridized carbons (Fsp3) is 0.967. The van der Waals surface area contributed by atoms with E-state index in [1.54, 1.807) is 0 Å². The van der Waals surface area contributed by atoms with Crippen molar-refractivity contribution in [3.63, 3.8) is 0 Å². The number of ketones is 1. The van der Waals surface area contributed by atoms with E-state index in [1.807, 2.05) is 0 Å². The number of aliphatic hydroxyl groups is 2. The SMILES string of the molecule is CC(CO)C1CCC2(C)CCC3(C)C(CCC4C5(C)CCC(=O)C(C)(C)C5CC(O)C43C)C12. The molecule has 3 nitrogen and oxygen atoms in total. The molecule has 0 aromatic heterocycles. The van der Waals surface area contributed by atoms with Gasteiger partial charge in [0.15, 0.2) is 0 Å². The van der Waals surface area contributed by atoms with E-state index >= 15 is 0 Å². The minimum Gasteiger partial charge on any atom is -0.396 e. The van der Waals surface area contributed by atoms with Crippen LogP contribution in [0.3, 0.4) is 0 Å². The van der Waals surface area contributed by atoms with Crippen LogP contribution in [-0.4, -0.2) is 28.7 Å². The molecule has 0 aromatic rings. The van der Waals surface area contributed by atoms with Gasteiger partial charge in [0.1, 0.15) is 5.78 Å². The lowest BCUT2D eigenvalue weighted by Crippen LogP contribution is -2.70. The lowest BCUT2D eigenvalue weighted by Gasteiger charge is -2.73. The first-order valence-corrected chi connectivity index (χ1v) is 14.1. The Kier molecular flexibility index (Phi) is 5.38. The second-order valence-electron chi connectivity index (χ2n) is 14.9. The molecule has 0 bridgehead atoms. The zero-order chi connectivity index (χ0) is 24.2. The van der Waals surface area contributed by atoms with E-state index in [9.17, 15) is 15.0 Å². The fourth-order valence-electron chi connectivity index (χ4n) is 11.5. The van der Waals surface area contributed by atoms with E-state index in [1.165, 1.54) is 38.5 Å². The van der Waals surface area contributed by atoms with Gasteiger partial charge in [-0.3, -0.25) is 4.79 Å². The Bertz CT molecular complexity index is 819. The lowest BCUT2D eigenvalue weighted by atomic mass is 9.31. The molecular weight excluding hydrogens is 408 g/mol. The number of Topliss-reactive ketones (excluding diaryl/α,β-unsaturated/α-hetero) is 1. The van der Waals surface area contributed by atoms with Crippen molar-refractivity contribution in [2.24, 2.45) is 62.6 Å². The van der Waals surface area contributed by atoms with Crippen LogP contribution in [0, 0.1) is 62.6 Å². The van der Waals surface area contributed by atoms with Crippen LogP contribution in [-0.2, 0) is 4.79 Å². The van der Waals surface area contributed by atoms with Crippen molar-refractivity contribution in [3.8, 4) is 0 Å². The van der Waals surface area contributed by atoms with E-state index in [2.05, 4.69) is 48.5 Å². The smallest absolute Gasteiger partial charge is 0.138 e. The Labute approximate surface area is 202 Å². The van der Waals surface area contributed by atoms with Crippen molar-refractivity contribution in [1.29, 1.82) is 0 Å². The van der Waals surface area contributed by atoms with Crippen molar-refractivity contribution >= 4 is 5.78 Å². The van der Waals surface area contributed by atoms with Crippen LogP contribution in [0.1, 0.15) is 106 Å². The summed E-state index contributed by atoms with van der Waals surface area (Å²) in [5.74, 6) is 3.44. The highest BCUT2D eigenvalue weighted by Gasteiger charge is 2.72. The minimum absolute atomic E-state index is 0.103. The Morgan fingerprint density at radius 2 is 1.64 bits per heavy atom. The summed E-state index contributed by atoms with van der Waals surface area (Å²) < 4.78 is 0. The van der Waals surface area contributed by atoms with E-state index in [0.29, 0.717) is 53.8 Å². The molecular formula is C30H50O3. The number of aliphatic hydroxyl groups excluding tert-OH is 2. The second kappa shape index (κ2) is 7.31. The van der Waals surface area contributed by atoms with Gasteiger partial charge < -0.3 is 10.2 Å². The molecule has 0 saturated heterocycles. The molecule has 188 valence electrons. The number of hydrogen-bond acceptors (Lipinski definition) is 3. The maximum atomic E-state index is 12.9. The zero-order valence-corrected chi connectivity index (χ0v) is 22.4. The number of rotatable bonds is 2. The minimum atomic E-state index is -0.335. The topological polar surface area (TPSA) is 57.5 Å². The van der Waals surface area contributed by atoms with Gasteiger partial charge in [0.05, 0.1) is 6.10 Å². The molecule has 0 aliphatic heterocycles. The lowest BCUT2D eigenvalue weighted by molar-refractivity contribution is -0.272. The van der Waals surface area contributed by atoms with Gasteiger partial charge in [-0.1, -0.05) is 48.5 Å². The van der Waals surface area contributed by atoms with Gasteiger partial charge in [-0.25, -0.2) is 0 Å². The van der Waals surface area contributed by atoms with Gasteiger partial charge in [0.2, 0.25) is 0 Å². The van der Waals surface area contributed by atoms with Gasteiger partial charge in [-0.2, -0.15) is 0 Å². The molecule has 5 fully saturated rings. The van der Waals surface area contributed by atoms with Crippen LogP contribution in [0.4, 0.5) is 0 Å². The third-order valence-electron chi connectivity index (χ3n) is 13.7. The van der Waals surface area contributed by atoms with E-state index in [0.717, 1.165) is 12.8 Å². The van der Waals surface area contributed by atoms with Gasteiger partial charge >= 0.3 is 0 Å². The molecule has 2 N–H and O–H groups in total. The third-order valence-corrected chi connectivity index (χ3v) is 13.7. The molecule has 11 atom stereocenters. The molecule has 33 heavy (non-hydrogen) atoms. The molecule has 3 heteroatoms. The molecule has 11 unspecified atom stereocenters. The summed E-state index contributed by atoms with van der Waals surface area (Å²) in [6, 6.07) is 0. The summed E-state index contributed by atoms with van der Waals surface area (Å²) in [6.45, 7) is 16.9. The molecule has 0 radical (unpaired) electrons. The fourth-order valence-corrected chi connectivity index (χ4v) is 11.5. The average Bonchev–Trinajstić information content (AvgIpc) is 3.11. The highest BCUT2D eigenvalue weighted by molar-refractivity contribution is 5.85. The molecule has 5 saturated carbocycles. The number of hydrogen-bond donors (Lipinski definition) is 2. The van der Waals surface area contributed by atoms with Crippen LogP contribution in [0.25, 0.3) is 0 Å². The zero-order valence-electron chi connectivity index (χ0n) is 22.4. The summed E-state index contributed by atoms with van der Waals surface area (Å²) in [4.78, 5) is 12.9. The molecule has 5 rings (SSSR count). The third kappa shape index (κ3) is 2.85. The van der Waals surface area contributed by atoms with Crippen LogP contribution in [0.15, 0.2) is 0 Å². The first-order valence-electron chi connectivity index (χ1n) is 14.1. The van der Waals surface area contributed by atoms with Crippen molar-refractivity contribution in [2.75, 3.05) is 6.61 Å². The van der Waals surface area contributed by atoms with Crippen LogP contribution < -0.4 is 0 Å². The molecule has 5 aliphatic rings. The van der Waals surface area contributed by atoms with Crippen LogP contribution in [0.5, 0.6) is 0 Å². The Morgan fingerprint density at radius 1 is 0.939 bits per heavy atom. The van der Waals surface area contributed by atoms with Crippen molar-refractivity contribution in [2.45, 2.75) is 112 Å². The molecule has 0 amide bonds. The predicted molar refractivity (Wildman–Crippen MR) is 132 cm³/mol. The summed E-state index contributed by atoms with van der Waals surface area (Å²) in [5, 5.41) is 22.1. The molecule has 5 aliphatic carbocycles. The van der Waals surface area contributed by atoms with Crippen molar-refractivity contribution in [3.05, 3.63) is 0 Å². The van der Waals surface area contributed by atoms with Gasteiger partial charge in [-0.05, 0) is 103 Å². The summed E-state index contributed by atoms with van der Waals surface area (Å²) in [6.07, 6.45) is 9.65. The number of carbonyl (C=O) groups is 1. The molecule has 0 spiro atoms. The highest BCUT2D eigenvalue weighted by Crippen LogP contribution is 2.77. The molecule has 0 heterocycles. The summed E-state index contributed by atoms with van der Waals surface area (Å²) in [5.41, 5.74) is 0.219. The quantitative estimate of drug-likeness (QED) is 0.514. The first kappa shape index (κ1) is 24.3. The predicted octanol–water partition coefficient (Wildman–Crippen LogP) is 6.26. The van der Waals surface area contributed by atoms with Crippen molar-refractivity contribution in [1.82, 2.24) is 0 Å². The van der Waals surface area contributed by atoms with Crippen molar-refractivity contribution < 1.29 is 15.0 Å². The average molecular weight is 459 g/mol. The van der Waals surface area contributed by atoms with E-state index < -0.39 is 0 Å². The molecule has 0 aromatic carbocycles. The van der Waals surface area contributed by atoms with Gasteiger partial charge in [0, 0.05) is 23.9 Å². The Morgan fingerprint density at radius 3 is 2.30 bits per heavy atom. The Hall–Kier alpha value is -0.410. The largest absolute Gasteiger partial charge is 0.396 e. The Balaban J connectivity index is 1.57. The maximum absolute atomic E-state index is 12.9. The van der Waals surface area contributed by atoms with E-state index in [4.69, 9.17) is 0 Å². The first-order chi connectivity index (χ1) is 15.3. The number of fused-ring (bicyclic) bond motifs is 7. The maximum Gasteiger partial charge on any atom is 0.138 e. The van der Waals surface area contributed by atoms with Crippen LogP contribution in [0.2, 0.25) is 0 Å². The second-order valence-corrected chi connectivity index (χ2v) is 14.9. The summed E-state index contributed by atoms with van der Waals surface area (Å²) >= 11 is 0. The monoisotopic (exact) mass is 458 g/mol. The van der Waals surface area contributed by atoms with E-state index in [-0.39, 0.29) is 33.7 Å². The van der Waals surface area contributed by atoms with Crippen LogP contribution >= 0.6 is 0 Å². The van der Waals surface area contributed by atoms with Gasteiger partial charge in [-0.15, -0.1) is 0 Å².